The molecule has 0 N–H and O–H groups in total. The van der Waals surface area contributed by atoms with Gasteiger partial charge in [-0.1, -0.05) is 206 Å². The first-order valence-electron chi connectivity index (χ1n) is 17.5. The van der Waals surface area contributed by atoms with Crippen LogP contribution in [0.2, 0.25) is 0 Å². The quantitative estimate of drug-likeness (QED) is 0.0631. The zero-order valence-electron chi connectivity index (χ0n) is 26.7. The van der Waals surface area contributed by atoms with Crippen LogP contribution < -0.4 is 24.0 Å². The van der Waals surface area contributed by atoms with E-state index in [9.17, 15) is 9.90 Å². The van der Waals surface area contributed by atoms with Crippen molar-refractivity contribution in [3.63, 3.8) is 0 Å². The van der Waals surface area contributed by atoms with Crippen LogP contribution in [-0.2, 0) is 4.79 Å². The monoisotopic (exact) mass is 529 g/mol. The first kappa shape index (κ1) is 40.2. The Bertz CT molecular complexity index is 426. The van der Waals surface area contributed by atoms with Crippen LogP contribution in [0.1, 0.15) is 219 Å². The van der Waals surface area contributed by atoms with E-state index in [1.54, 1.807) is 0 Å². The van der Waals surface area contributed by atoms with E-state index in [4.69, 9.17) is 0 Å². The molecule has 0 aliphatic rings. The number of carboxylic acids is 1. The molecule has 0 amide bonds. The van der Waals surface area contributed by atoms with Crippen molar-refractivity contribution in [2.75, 3.05) is 0 Å². The molecule has 0 radical (unpaired) electrons. The van der Waals surface area contributed by atoms with Gasteiger partial charge in [0.1, 0.15) is 0 Å². The fourth-order valence-corrected chi connectivity index (χ4v) is 5.65. The van der Waals surface area contributed by atoms with Gasteiger partial charge in [0.05, 0.1) is 0 Å². The van der Waals surface area contributed by atoms with Gasteiger partial charge >= 0.3 is 18.9 Å². The molecular formula is C35H69LiO2. The van der Waals surface area contributed by atoms with E-state index in [1.807, 2.05) is 0 Å². The second kappa shape index (κ2) is 37.1. The summed E-state index contributed by atoms with van der Waals surface area (Å²) < 4.78 is 0. The molecule has 3 heteroatoms. The number of hydrogen-bond donors (Lipinski definition) is 0. The fraction of sp³-hybridized carbons (Fsp3) is 0.971. The van der Waals surface area contributed by atoms with Crippen LogP contribution in [0, 0.1) is 0 Å². The molecule has 0 saturated carbocycles. The Labute approximate surface area is 252 Å². The average molecular weight is 529 g/mol. The third-order valence-electron chi connectivity index (χ3n) is 8.23. The minimum Gasteiger partial charge on any atom is -0.550 e. The van der Waals surface area contributed by atoms with Gasteiger partial charge in [-0.2, -0.15) is 0 Å². The second-order valence-corrected chi connectivity index (χ2v) is 12.1. The van der Waals surface area contributed by atoms with E-state index < -0.39 is 5.97 Å². The minimum absolute atomic E-state index is 0. The molecule has 0 rings (SSSR count). The van der Waals surface area contributed by atoms with Crippen molar-refractivity contribution in [1.82, 2.24) is 0 Å². The van der Waals surface area contributed by atoms with Crippen LogP contribution in [0.15, 0.2) is 0 Å². The second-order valence-electron chi connectivity index (χ2n) is 12.1. The maximum Gasteiger partial charge on any atom is 1.00 e. The van der Waals surface area contributed by atoms with Crippen LogP contribution in [-0.4, -0.2) is 5.97 Å². The molecule has 0 bridgehead atoms. The van der Waals surface area contributed by atoms with Crippen molar-refractivity contribution >= 4 is 5.97 Å². The molecular weight excluding hydrogens is 459 g/mol. The van der Waals surface area contributed by atoms with Crippen molar-refractivity contribution in [2.45, 2.75) is 219 Å². The zero-order chi connectivity index (χ0) is 26.9. The SMILES string of the molecule is CCCCCCCCCCCCCCCCCCCCCCCCCCCCCCCCCCC(=O)[O-].[Li+]. The van der Waals surface area contributed by atoms with Gasteiger partial charge in [-0.05, 0) is 12.8 Å². The van der Waals surface area contributed by atoms with E-state index in [1.165, 1.54) is 193 Å². The Morgan fingerprint density at radius 2 is 0.500 bits per heavy atom. The first-order chi connectivity index (χ1) is 18.3. The van der Waals surface area contributed by atoms with Crippen molar-refractivity contribution in [3.05, 3.63) is 0 Å². The summed E-state index contributed by atoms with van der Waals surface area (Å²) in [6, 6.07) is 0. The molecule has 0 aromatic heterocycles. The minimum atomic E-state index is -0.898. The summed E-state index contributed by atoms with van der Waals surface area (Å²) in [4.78, 5) is 10.4. The van der Waals surface area contributed by atoms with Crippen LogP contribution in [0.3, 0.4) is 0 Å². The van der Waals surface area contributed by atoms with E-state index in [2.05, 4.69) is 6.92 Å². The van der Waals surface area contributed by atoms with Gasteiger partial charge in [0.15, 0.2) is 0 Å². The van der Waals surface area contributed by atoms with Crippen molar-refractivity contribution in [3.8, 4) is 0 Å². The summed E-state index contributed by atoms with van der Waals surface area (Å²) in [5, 5.41) is 10.4. The Kier molecular flexibility index (Phi) is 39.2. The predicted octanol–water partition coefficient (Wildman–Crippen LogP) is 8.63. The Morgan fingerprint density at radius 1 is 0.342 bits per heavy atom. The molecule has 0 atom stereocenters. The van der Waals surface area contributed by atoms with Gasteiger partial charge in [0.25, 0.3) is 0 Å². The molecule has 38 heavy (non-hydrogen) atoms. The van der Waals surface area contributed by atoms with E-state index in [0.717, 1.165) is 12.8 Å². The normalized spacial score (nSPS) is 11.1. The maximum absolute atomic E-state index is 10.4. The molecule has 222 valence electrons. The fourth-order valence-electron chi connectivity index (χ4n) is 5.65. The maximum atomic E-state index is 10.4. The van der Waals surface area contributed by atoms with E-state index >= 15 is 0 Å². The molecule has 0 aliphatic carbocycles. The number of carboxylic acid groups (broad SMARTS) is 1. The van der Waals surface area contributed by atoms with Crippen LogP contribution >= 0.6 is 0 Å². The topological polar surface area (TPSA) is 40.1 Å². The molecule has 0 heterocycles. The molecule has 0 saturated heterocycles. The third kappa shape index (κ3) is 38.2. The van der Waals surface area contributed by atoms with Gasteiger partial charge < -0.3 is 9.90 Å². The third-order valence-corrected chi connectivity index (χ3v) is 8.23. The number of unbranched alkanes of at least 4 members (excludes halogenated alkanes) is 31. The molecule has 2 nitrogen and oxygen atoms in total. The van der Waals surface area contributed by atoms with E-state index in [0.29, 0.717) is 0 Å². The molecule has 0 aliphatic heterocycles. The molecule has 0 aromatic carbocycles. The Morgan fingerprint density at radius 3 is 0.658 bits per heavy atom. The summed E-state index contributed by atoms with van der Waals surface area (Å²) in [6.45, 7) is 2.30. The molecule has 0 unspecified atom stereocenters. The molecule has 0 spiro atoms. The number of carbonyl (C=O) groups excluding carboxylic acids is 1. The number of aliphatic carboxylic acids is 1. The predicted molar refractivity (Wildman–Crippen MR) is 163 cm³/mol. The largest absolute Gasteiger partial charge is 1.00 e. The summed E-state index contributed by atoms with van der Waals surface area (Å²) in [6.07, 6.45) is 45.1. The number of carbonyl (C=O) groups is 1. The van der Waals surface area contributed by atoms with Crippen molar-refractivity contribution in [1.29, 1.82) is 0 Å². The smallest absolute Gasteiger partial charge is 0.550 e. The van der Waals surface area contributed by atoms with Gasteiger partial charge in [0, 0.05) is 5.97 Å². The van der Waals surface area contributed by atoms with Crippen LogP contribution in [0.25, 0.3) is 0 Å². The average Bonchev–Trinajstić information content (AvgIpc) is 2.89. The Balaban J connectivity index is 0. The zero-order valence-corrected chi connectivity index (χ0v) is 26.7. The summed E-state index contributed by atoms with van der Waals surface area (Å²) in [5.41, 5.74) is 0. The molecule has 0 aromatic rings. The summed E-state index contributed by atoms with van der Waals surface area (Å²) in [7, 11) is 0. The first-order valence-corrected chi connectivity index (χ1v) is 17.5. The summed E-state index contributed by atoms with van der Waals surface area (Å²) >= 11 is 0. The van der Waals surface area contributed by atoms with Gasteiger partial charge in [-0.3, -0.25) is 0 Å². The standard InChI is InChI=1S/C35H70O2.Li/c1-2-3-4-5-6-7-8-9-10-11-12-13-14-15-16-17-18-19-20-21-22-23-24-25-26-27-28-29-30-31-32-33-34-35(36)37;/h2-34H2,1H3,(H,36,37);/q;+1/p-1. The number of rotatable bonds is 33. The van der Waals surface area contributed by atoms with E-state index in [-0.39, 0.29) is 25.3 Å². The Hall–Kier alpha value is 0.0674. The van der Waals surface area contributed by atoms with Crippen molar-refractivity contribution in [2.24, 2.45) is 0 Å². The van der Waals surface area contributed by atoms with Crippen molar-refractivity contribution < 1.29 is 28.8 Å². The van der Waals surface area contributed by atoms with Crippen LogP contribution in [0.5, 0.6) is 0 Å². The van der Waals surface area contributed by atoms with Gasteiger partial charge in [-0.25, -0.2) is 0 Å². The van der Waals surface area contributed by atoms with Gasteiger partial charge in [-0.15, -0.1) is 0 Å². The van der Waals surface area contributed by atoms with Crippen LogP contribution in [0.4, 0.5) is 0 Å². The van der Waals surface area contributed by atoms with Gasteiger partial charge in [0.2, 0.25) is 0 Å². The number of hydrogen-bond acceptors (Lipinski definition) is 2. The summed E-state index contributed by atoms with van der Waals surface area (Å²) in [5.74, 6) is -0.898. The molecule has 0 fully saturated rings.